The third kappa shape index (κ3) is 4.89. The Morgan fingerprint density at radius 3 is 2.53 bits per heavy atom. The van der Waals surface area contributed by atoms with Crippen LogP contribution in [0.1, 0.15) is 42.0 Å². The standard InChI is InChI=1S/C27H31N5/c1-2-3-9-23-10-7-8-13-25(23)27(24-11-5-4-6-12-24,31-21-32-17-16-29-20-32)18-22-14-15-26(28)30-19-22/h4-8,10-17,19-20,31H,2-3,9,18,21H2,1H3,(H2,28,30). The lowest BCUT2D eigenvalue weighted by Crippen LogP contribution is -2.46. The number of aromatic nitrogens is 3. The first-order valence-electron chi connectivity index (χ1n) is 11.3. The van der Waals surface area contributed by atoms with Crippen LogP contribution in [0.2, 0.25) is 0 Å². The quantitative estimate of drug-likeness (QED) is 0.378. The number of nitrogens with one attached hydrogen (secondary N) is 1. The number of anilines is 1. The Morgan fingerprint density at radius 2 is 1.81 bits per heavy atom. The van der Waals surface area contributed by atoms with E-state index in [1.807, 2.05) is 31.0 Å². The Bertz CT molecular complexity index is 1090. The summed E-state index contributed by atoms with van der Waals surface area (Å²) in [5.41, 5.74) is 10.5. The van der Waals surface area contributed by atoms with E-state index in [2.05, 4.69) is 87.4 Å². The van der Waals surface area contributed by atoms with Gasteiger partial charge in [-0.1, -0.05) is 74.0 Å². The lowest BCUT2D eigenvalue weighted by atomic mass is 9.75. The van der Waals surface area contributed by atoms with Crippen LogP contribution in [0.15, 0.2) is 91.6 Å². The number of nitrogens with two attached hydrogens (primary N) is 1. The molecule has 0 aliphatic carbocycles. The number of benzene rings is 2. The van der Waals surface area contributed by atoms with E-state index in [4.69, 9.17) is 5.73 Å². The summed E-state index contributed by atoms with van der Waals surface area (Å²) in [4.78, 5) is 8.59. The SMILES string of the molecule is CCCCc1ccccc1C(Cc1ccc(N)nc1)(NCn1ccnc1)c1ccccc1. The Balaban J connectivity index is 1.86. The zero-order valence-corrected chi connectivity index (χ0v) is 18.6. The molecular formula is C27H31N5. The second-order valence-electron chi connectivity index (χ2n) is 8.21. The summed E-state index contributed by atoms with van der Waals surface area (Å²) in [5, 5.41) is 3.91. The van der Waals surface area contributed by atoms with Gasteiger partial charge in [-0.2, -0.15) is 0 Å². The van der Waals surface area contributed by atoms with Gasteiger partial charge in [0.25, 0.3) is 0 Å². The molecule has 164 valence electrons. The Labute approximate surface area is 190 Å². The second-order valence-corrected chi connectivity index (χ2v) is 8.21. The molecule has 0 fully saturated rings. The van der Waals surface area contributed by atoms with E-state index in [-0.39, 0.29) is 0 Å². The number of imidazole rings is 1. The van der Waals surface area contributed by atoms with Crippen LogP contribution in [0.4, 0.5) is 5.82 Å². The van der Waals surface area contributed by atoms with E-state index in [1.165, 1.54) is 16.7 Å². The predicted molar refractivity (Wildman–Crippen MR) is 130 cm³/mol. The van der Waals surface area contributed by atoms with Crippen molar-refractivity contribution >= 4 is 5.82 Å². The molecule has 1 unspecified atom stereocenters. The average molecular weight is 426 g/mol. The van der Waals surface area contributed by atoms with Crippen LogP contribution in [0, 0.1) is 0 Å². The van der Waals surface area contributed by atoms with Crippen molar-refractivity contribution in [3.63, 3.8) is 0 Å². The first-order chi connectivity index (χ1) is 15.7. The fourth-order valence-corrected chi connectivity index (χ4v) is 4.31. The van der Waals surface area contributed by atoms with Gasteiger partial charge in [0.1, 0.15) is 5.82 Å². The minimum atomic E-state index is -0.437. The summed E-state index contributed by atoms with van der Waals surface area (Å²) in [6.07, 6.45) is 11.7. The fraction of sp³-hybridized carbons (Fsp3) is 0.259. The van der Waals surface area contributed by atoms with E-state index in [9.17, 15) is 0 Å². The molecule has 0 bridgehead atoms. The van der Waals surface area contributed by atoms with Gasteiger partial charge in [-0.25, -0.2) is 9.97 Å². The summed E-state index contributed by atoms with van der Waals surface area (Å²) in [5.74, 6) is 0.536. The number of unbranched alkanes of at least 4 members (excludes halogenated alkanes) is 1. The summed E-state index contributed by atoms with van der Waals surface area (Å²) in [6.45, 7) is 2.88. The molecule has 2 heterocycles. The predicted octanol–water partition coefficient (Wildman–Crippen LogP) is 4.94. The molecule has 3 N–H and O–H groups in total. The first-order valence-corrected chi connectivity index (χ1v) is 11.3. The van der Waals surface area contributed by atoms with Crippen molar-refractivity contribution in [2.24, 2.45) is 0 Å². The summed E-state index contributed by atoms with van der Waals surface area (Å²) in [7, 11) is 0. The molecule has 2 aromatic heterocycles. The Morgan fingerprint density at radius 1 is 1.00 bits per heavy atom. The van der Waals surface area contributed by atoms with Gasteiger partial charge in [-0.15, -0.1) is 0 Å². The van der Waals surface area contributed by atoms with Crippen molar-refractivity contribution in [1.82, 2.24) is 19.9 Å². The molecule has 0 saturated carbocycles. The third-order valence-corrected chi connectivity index (χ3v) is 5.98. The van der Waals surface area contributed by atoms with Gasteiger partial charge in [0.15, 0.2) is 0 Å². The lowest BCUT2D eigenvalue weighted by molar-refractivity contribution is 0.352. The molecule has 0 aliphatic heterocycles. The highest BCUT2D eigenvalue weighted by atomic mass is 15.2. The van der Waals surface area contributed by atoms with Gasteiger partial charge >= 0.3 is 0 Å². The highest BCUT2D eigenvalue weighted by Crippen LogP contribution is 2.36. The average Bonchev–Trinajstić information content (AvgIpc) is 3.36. The number of hydrogen-bond acceptors (Lipinski definition) is 4. The molecule has 5 heteroatoms. The molecule has 4 aromatic rings. The molecule has 4 rings (SSSR count). The van der Waals surface area contributed by atoms with Crippen molar-refractivity contribution in [3.8, 4) is 0 Å². The van der Waals surface area contributed by atoms with Crippen LogP contribution >= 0.6 is 0 Å². The molecular weight excluding hydrogens is 394 g/mol. The molecule has 0 spiro atoms. The van der Waals surface area contributed by atoms with E-state index < -0.39 is 5.54 Å². The highest BCUT2D eigenvalue weighted by molar-refractivity contribution is 5.45. The van der Waals surface area contributed by atoms with Crippen molar-refractivity contribution in [3.05, 3.63) is 114 Å². The number of hydrogen-bond donors (Lipinski definition) is 2. The number of pyridine rings is 1. The second kappa shape index (κ2) is 10.2. The van der Waals surface area contributed by atoms with Crippen LogP contribution in [-0.4, -0.2) is 14.5 Å². The van der Waals surface area contributed by atoms with Gasteiger partial charge in [0, 0.05) is 25.0 Å². The smallest absolute Gasteiger partial charge is 0.123 e. The number of aryl methyl sites for hydroxylation is 1. The maximum Gasteiger partial charge on any atom is 0.123 e. The van der Waals surface area contributed by atoms with Crippen LogP contribution in [0.5, 0.6) is 0 Å². The van der Waals surface area contributed by atoms with E-state index in [0.717, 1.165) is 31.2 Å². The molecule has 0 aliphatic rings. The van der Waals surface area contributed by atoms with Gasteiger partial charge in [-0.3, -0.25) is 5.32 Å². The minimum absolute atomic E-state index is 0.437. The van der Waals surface area contributed by atoms with Crippen molar-refractivity contribution < 1.29 is 0 Å². The zero-order chi connectivity index (χ0) is 22.2. The van der Waals surface area contributed by atoms with Crippen LogP contribution in [0.3, 0.4) is 0 Å². The Hall–Kier alpha value is -3.44. The summed E-state index contributed by atoms with van der Waals surface area (Å²) < 4.78 is 2.06. The van der Waals surface area contributed by atoms with Crippen LogP contribution in [0.25, 0.3) is 0 Å². The lowest BCUT2D eigenvalue weighted by Gasteiger charge is -2.38. The minimum Gasteiger partial charge on any atom is -0.384 e. The number of nitrogen functional groups attached to an aromatic ring is 1. The van der Waals surface area contributed by atoms with Crippen molar-refractivity contribution in [1.29, 1.82) is 0 Å². The molecule has 0 amide bonds. The fourth-order valence-electron chi connectivity index (χ4n) is 4.31. The molecule has 32 heavy (non-hydrogen) atoms. The van der Waals surface area contributed by atoms with Crippen LogP contribution in [-0.2, 0) is 25.0 Å². The molecule has 2 aromatic carbocycles. The maximum atomic E-state index is 5.88. The van der Waals surface area contributed by atoms with E-state index in [1.54, 1.807) is 0 Å². The largest absolute Gasteiger partial charge is 0.384 e. The zero-order valence-electron chi connectivity index (χ0n) is 18.6. The van der Waals surface area contributed by atoms with Crippen LogP contribution < -0.4 is 11.1 Å². The molecule has 0 saturated heterocycles. The first kappa shape index (κ1) is 21.8. The van der Waals surface area contributed by atoms with Gasteiger partial charge in [0.2, 0.25) is 0 Å². The third-order valence-electron chi connectivity index (χ3n) is 5.98. The van der Waals surface area contributed by atoms with Gasteiger partial charge in [-0.05, 0) is 41.2 Å². The summed E-state index contributed by atoms with van der Waals surface area (Å²) >= 11 is 0. The highest BCUT2D eigenvalue weighted by Gasteiger charge is 2.36. The van der Waals surface area contributed by atoms with E-state index >= 15 is 0 Å². The van der Waals surface area contributed by atoms with Gasteiger partial charge < -0.3 is 10.3 Å². The monoisotopic (exact) mass is 425 g/mol. The Kier molecular flexibility index (Phi) is 6.97. The normalized spacial score (nSPS) is 13.0. The van der Waals surface area contributed by atoms with E-state index in [0.29, 0.717) is 12.5 Å². The number of rotatable bonds is 10. The molecule has 1 atom stereocenters. The molecule has 5 nitrogen and oxygen atoms in total. The van der Waals surface area contributed by atoms with Gasteiger partial charge in [0.05, 0.1) is 18.5 Å². The molecule has 0 radical (unpaired) electrons. The number of nitrogens with zero attached hydrogens (tertiary/aromatic N) is 3. The van der Waals surface area contributed by atoms with Crippen molar-refractivity contribution in [2.75, 3.05) is 5.73 Å². The summed E-state index contributed by atoms with van der Waals surface area (Å²) in [6, 6.07) is 23.5. The maximum absolute atomic E-state index is 5.88. The van der Waals surface area contributed by atoms with Crippen molar-refractivity contribution in [2.45, 2.75) is 44.8 Å². The topological polar surface area (TPSA) is 68.8 Å².